The quantitative estimate of drug-likeness (QED) is 0.0941. The number of guanidine groups is 1. The molecule has 0 aliphatic rings. The third kappa shape index (κ3) is 7.75. The molecule has 210 valence electrons. The molecule has 6 N–H and O–H groups in total. The number of nitrogens with one attached hydrogen (secondary N) is 2. The molecule has 0 unspecified atom stereocenters. The minimum absolute atomic E-state index is 0.197. The Hall–Kier alpha value is -4.06. The van der Waals surface area contributed by atoms with Crippen molar-refractivity contribution in [2.75, 3.05) is 0 Å². The van der Waals surface area contributed by atoms with Gasteiger partial charge in [0.1, 0.15) is 0 Å². The largest absolute Gasteiger partial charge is 0.416 e. The van der Waals surface area contributed by atoms with Crippen LogP contribution in [0, 0.1) is 0 Å². The molecule has 13 heteroatoms. The highest BCUT2D eigenvalue weighted by Crippen LogP contribution is 2.34. The maximum atomic E-state index is 13.4. The van der Waals surface area contributed by atoms with E-state index in [1.807, 2.05) is 19.4 Å². The average Bonchev–Trinajstić information content (AvgIpc) is 3.33. The lowest BCUT2D eigenvalue weighted by atomic mass is 10.1. The maximum absolute atomic E-state index is 13.4. The van der Waals surface area contributed by atoms with Gasteiger partial charge in [-0.3, -0.25) is 14.8 Å². The molecule has 4 rings (SSSR count). The number of benzene rings is 3. The molecule has 1 aromatic heterocycles. The van der Waals surface area contributed by atoms with Gasteiger partial charge in [-0.15, -0.1) is 5.10 Å². The van der Waals surface area contributed by atoms with Crippen molar-refractivity contribution in [3.05, 3.63) is 99.5 Å². The molecule has 1 amide bonds. The van der Waals surface area contributed by atoms with E-state index in [-0.39, 0.29) is 12.5 Å². The van der Waals surface area contributed by atoms with Gasteiger partial charge in [0.2, 0.25) is 5.96 Å². The molecule has 0 spiro atoms. The summed E-state index contributed by atoms with van der Waals surface area (Å²) >= 11 is 12.3. The molecule has 8 nitrogen and oxygen atoms in total. The third-order valence-electron chi connectivity index (χ3n) is 5.40. The van der Waals surface area contributed by atoms with Crippen LogP contribution in [0.3, 0.4) is 0 Å². The summed E-state index contributed by atoms with van der Waals surface area (Å²) in [6.45, 7) is 4.20. The molecular formula is C27H26Cl2F3N7O. The lowest BCUT2D eigenvalue weighted by Gasteiger charge is -2.11. The van der Waals surface area contributed by atoms with Gasteiger partial charge in [-0.1, -0.05) is 61.3 Å². The number of carbonyl (C=O) groups excluding carboxylic acids is 1. The Kier molecular flexibility index (Phi) is 10.2. The summed E-state index contributed by atoms with van der Waals surface area (Å²) in [5.41, 5.74) is 9.59. The van der Waals surface area contributed by atoms with Crippen molar-refractivity contribution >= 4 is 35.1 Å². The van der Waals surface area contributed by atoms with E-state index in [0.29, 0.717) is 38.1 Å². The molecule has 0 saturated carbocycles. The van der Waals surface area contributed by atoms with E-state index >= 15 is 0 Å². The Labute approximate surface area is 238 Å². The van der Waals surface area contributed by atoms with Crippen molar-refractivity contribution < 1.29 is 18.0 Å². The smallest absolute Gasteiger partial charge is 0.368 e. The first-order valence-corrected chi connectivity index (χ1v) is 12.7. The van der Waals surface area contributed by atoms with Gasteiger partial charge in [0.25, 0.3) is 5.91 Å². The van der Waals surface area contributed by atoms with Crippen LogP contribution in [0.2, 0.25) is 10.0 Å². The Morgan fingerprint density at radius 2 is 1.62 bits per heavy atom. The maximum Gasteiger partial charge on any atom is 0.416 e. The van der Waals surface area contributed by atoms with E-state index in [1.165, 1.54) is 6.07 Å². The third-order valence-corrected chi connectivity index (χ3v) is 5.84. The molecule has 0 aliphatic carbocycles. The minimum atomic E-state index is -4.51. The number of carbonyl (C=O) groups is 1. The number of hydrazone groups is 1. The van der Waals surface area contributed by atoms with Crippen molar-refractivity contribution in [1.82, 2.24) is 20.6 Å². The second-order valence-electron chi connectivity index (χ2n) is 8.09. The number of hydrogen-bond donors (Lipinski definition) is 4. The normalized spacial score (nSPS) is 11.4. The van der Waals surface area contributed by atoms with Crippen molar-refractivity contribution in [3.8, 4) is 22.5 Å². The van der Waals surface area contributed by atoms with Gasteiger partial charge in [-0.25, -0.2) is 11.4 Å². The number of aromatic nitrogens is 2. The number of nitrogens with zero attached hydrogens (tertiary/aromatic N) is 3. The van der Waals surface area contributed by atoms with E-state index < -0.39 is 17.6 Å². The number of alkyl halides is 3. The van der Waals surface area contributed by atoms with Crippen LogP contribution < -0.4 is 22.4 Å². The molecule has 0 bridgehead atoms. The molecule has 0 aliphatic heterocycles. The highest BCUT2D eigenvalue weighted by Gasteiger charge is 2.30. The van der Waals surface area contributed by atoms with Gasteiger partial charge in [0.05, 0.1) is 23.5 Å². The Balaban J connectivity index is 0.00000216. The van der Waals surface area contributed by atoms with E-state index in [0.717, 1.165) is 17.7 Å². The molecule has 0 radical (unpaired) electrons. The van der Waals surface area contributed by atoms with E-state index in [2.05, 4.69) is 15.5 Å². The van der Waals surface area contributed by atoms with Crippen LogP contribution >= 0.6 is 23.2 Å². The zero-order valence-corrected chi connectivity index (χ0v) is 22.9. The lowest BCUT2D eigenvalue weighted by Crippen LogP contribution is -2.39. The van der Waals surface area contributed by atoms with Crippen LogP contribution in [0.5, 0.6) is 0 Å². The summed E-state index contributed by atoms with van der Waals surface area (Å²) in [6.07, 6.45) is -4.51. The first-order chi connectivity index (χ1) is 19.0. The number of rotatable bonds is 6. The number of amides is 1. The monoisotopic (exact) mass is 591 g/mol. The second kappa shape index (κ2) is 13.3. The highest BCUT2D eigenvalue weighted by molar-refractivity contribution is 6.35. The van der Waals surface area contributed by atoms with Crippen molar-refractivity contribution in [2.24, 2.45) is 16.7 Å². The van der Waals surface area contributed by atoms with Gasteiger partial charge in [0.15, 0.2) is 0 Å². The average molecular weight is 592 g/mol. The Morgan fingerprint density at radius 3 is 2.23 bits per heavy atom. The fraction of sp³-hybridized carbons (Fsp3) is 0.148. The predicted octanol–water partition coefficient (Wildman–Crippen LogP) is 6.04. The van der Waals surface area contributed by atoms with Crippen LogP contribution in [-0.4, -0.2) is 21.6 Å². The van der Waals surface area contributed by atoms with Gasteiger partial charge in [0, 0.05) is 26.7 Å². The zero-order chi connectivity index (χ0) is 29.4. The van der Waals surface area contributed by atoms with E-state index in [4.69, 9.17) is 34.8 Å². The van der Waals surface area contributed by atoms with E-state index in [9.17, 15) is 18.0 Å². The van der Waals surface area contributed by atoms with Crippen LogP contribution in [0.25, 0.3) is 22.5 Å². The highest BCUT2D eigenvalue weighted by atomic mass is 35.5. The number of nitrogens with two attached hydrogens (primary N) is 2. The zero-order valence-electron chi connectivity index (χ0n) is 21.4. The molecule has 0 fully saturated rings. The topological polar surface area (TPSA) is 123 Å². The van der Waals surface area contributed by atoms with Crippen molar-refractivity contribution in [2.45, 2.75) is 26.6 Å². The Morgan fingerprint density at radius 1 is 0.975 bits per heavy atom. The SMILES string of the molecule is CC.NN/N=C(\N)NC(=O)c1ccc(Cn2nc(-c3cc(Cl)cc(Cl)c3)cc2-c2cccc(C(F)(F)F)c2)cc1. The fourth-order valence-electron chi connectivity index (χ4n) is 3.69. The minimum Gasteiger partial charge on any atom is -0.368 e. The molecule has 1 heterocycles. The van der Waals surface area contributed by atoms with Gasteiger partial charge < -0.3 is 5.73 Å². The molecule has 3 aromatic carbocycles. The standard InChI is InChI=1S/C25H20Cl2F3N7O.C2H6/c26-19-9-17(10-20(27)11-19)21-12-22(16-2-1-3-18(8-16)25(28,29)30)37(35-21)13-14-4-6-15(7-5-14)23(38)33-24(31)34-36-32;1-2/h1-12,36H,13,32H2,(H3,31,33,34,38);1-2H3. The number of hydrogen-bond acceptors (Lipinski definition) is 5. The van der Waals surface area contributed by atoms with Gasteiger partial charge >= 0.3 is 6.18 Å². The summed E-state index contributed by atoms with van der Waals surface area (Å²) < 4.78 is 41.8. The van der Waals surface area contributed by atoms with E-state index in [1.54, 1.807) is 59.3 Å². The van der Waals surface area contributed by atoms with Crippen molar-refractivity contribution in [3.63, 3.8) is 0 Å². The number of halogens is 5. The molecular weight excluding hydrogens is 566 g/mol. The summed E-state index contributed by atoms with van der Waals surface area (Å²) in [6, 6.07) is 18.1. The summed E-state index contributed by atoms with van der Waals surface area (Å²) in [5, 5.41) is 11.2. The summed E-state index contributed by atoms with van der Waals surface area (Å²) in [7, 11) is 0. The van der Waals surface area contributed by atoms with Crippen LogP contribution in [-0.2, 0) is 12.7 Å². The van der Waals surface area contributed by atoms with Crippen LogP contribution in [0.1, 0.15) is 35.3 Å². The van der Waals surface area contributed by atoms with Crippen LogP contribution in [0.15, 0.2) is 77.9 Å². The second-order valence-corrected chi connectivity index (χ2v) is 8.96. The molecule has 0 saturated heterocycles. The van der Waals surface area contributed by atoms with Gasteiger partial charge in [-0.2, -0.15) is 18.3 Å². The molecule has 0 atom stereocenters. The Bertz CT molecular complexity index is 1480. The fourth-order valence-corrected chi connectivity index (χ4v) is 4.21. The first-order valence-electron chi connectivity index (χ1n) is 11.9. The number of hydrazine groups is 1. The van der Waals surface area contributed by atoms with Crippen molar-refractivity contribution in [1.29, 1.82) is 0 Å². The molecule has 4 aromatic rings. The van der Waals surface area contributed by atoms with Crippen LogP contribution in [0.4, 0.5) is 13.2 Å². The molecule has 40 heavy (non-hydrogen) atoms. The predicted molar refractivity (Wildman–Crippen MR) is 151 cm³/mol. The summed E-state index contributed by atoms with van der Waals surface area (Å²) in [4.78, 5) is 12.3. The first kappa shape index (κ1) is 30.5. The van der Waals surface area contributed by atoms with Gasteiger partial charge in [-0.05, 0) is 54.1 Å². The summed E-state index contributed by atoms with van der Waals surface area (Å²) in [5.74, 6) is 4.31. The lowest BCUT2D eigenvalue weighted by molar-refractivity contribution is -0.137.